The average Bonchev–Trinajstić information content (AvgIpc) is 3.63. The van der Waals surface area contributed by atoms with Crippen molar-refractivity contribution in [2.75, 3.05) is 0 Å². The Hall–Kier alpha value is -3.92. The van der Waals surface area contributed by atoms with E-state index in [9.17, 15) is 0 Å². The zero-order valence-electron chi connectivity index (χ0n) is 21.3. The molecule has 178 valence electrons. The van der Waals surface area contributed by atoms with Gasteiger partial charge in [-0.25, -0.2) is 4.98 Å². The van der Waals surface area contributed by atoms with Gasteiger partial charge in [-0.3, -0.25) is 4.98 Å². The fourth-order valence-electron chi connectivity index (χ4n) is 2.89. The average molecular weight is 455 g/mol. The first kappa shape index (κ1) is 28.1. The van der Waals surface area contributed by atoms with Crippen LogP contribution in [-0.2, 0) is 0 Å². The molecule has 4 aromatic heterocycles. The molecule has 0 saturated carbocycles. The van der Waals surface area contributed by atoms with Crippen LogP contribution in [0.25, 0.3) is 32.8 Å². The second-order valence-electron chi connectivity index (χ2n) is 6.18. The van der Waals surface area contributed by atoms with E-state index in [1.807, 2.05) is 115 Å². The van der Waals surface area contributed by atoms with Crippen LogP contribution in [0.5, 0.6) is 0 Å². The van der Waals surface area contributed by atoms with Crippen LogP contribution in [0.2, 0.25) is 0 Å². The Morgan fingerprint density at radius 3 is 1.68 bits per heavy atom. The molecule has 34 heavy (non-hydrogen) atoms. The number of pyridine rings is 2. The van der Waals surface area contributed by atoms with Crippen LogP contribution >= 0.6 is 0 Å². The highest BCUT2D eigenvalue weighted by atomic mass is 14.8. The molecule has 4 heterocycles. The van der Waals surface area contributed by atoms with Crippen LogP contribution in [0.3, 0.4) is 0 Å². The van der Waals surface area contributed by atoms with E-state index in [2.05, 4.69) is 50.3 Å². The van der Waals surface area contributed by atoms with Crippen molar-refractivity contribution >= 4 is 32.8 Å². The zero-order chi connectivity index (χ0) is 25.0. The molecule has 0 aliphatic rings. The van der Waals surface area contributed by atoms with Crippen LogP contribution in [-0.4, -0.2) is 19.9 Å². The fourth-order valence-corrected chi connectivity index (χ4v) is 2.89. The first-order valence-electron chi connectivity index (χ1n) is 12.1. The van der Waals surface area contributed by atoms with E-state index in [1.165, 1.54) is 16.3 Å². The number of hydrogen-bond acceptors (Lipinski definition) is 2. The molecule has 4 nitrogen and oxygen atoms in total. The first-order valence-corrected chi connectivity index (χ1v) is 12.1. The van der Waals surface area contributed by atoms with Crippen LogP contribution in [0.1, 0.15) is 41.5 Å². The van der Waals surface area contributed by atoms with Crippen molar-refractivity contribution in [2.24, 2.45) is 0 Å². The Bertz CT molecular complexity index is 1090. The van der Waals surface area contributed by atoms with Crippen LogP contribution in [0.15, 0.2) is 110 Å². The summed E-state index contributed by atoms with van der Waals surface area (Å²) in [5.74, 6) is 0. The van der Waals surface area contributed by atoms with Crippen LogP contribution in [0.4, 0.5) is 0 Å². The van der Waals surface area contributed by atoms with Gasteiger partial charge >= 0.3 is 0 Å². The third-order valence-electron chi connectivity index (χ3n) is 4.30. The lowest BCUT2D eigenvalue weighted by atomic mass is 10.2. The summed E-state index contributed by atoms with van der Waals surface area (Å²) in [5, 5.41) is 3.64. The lowest BCUT2D eigenvalue weighted by molar-refractivity contribution is 1.33. The molecule has 0 unspecified atom stereocenters. The number of rotatable bonds is 0. The van der Waals surface area contributed by atoms with Crippen LogP contribution < -0.4 is 0 Å². The summed E-state index contributed by atoms with van der Waals surface area (Å²) in [7, 11) is 0. The summed E-state index contributed by atoms with van der Waals surface area (Å²) in [4.78, 5) is 14.4. The smallest absolute Gasteiger partial charge is 0.137 e. The maximum absolute atomic E-state index is 4.18. The van der Waals surface area contributed by atoms with Gasteiger partial charge in [0.1, 0.15) is 5.65 Å². The summed E-state index contributed by atoms with van der Waals surface area (Å²) in [6.45, 7) is 12.0. The molecule has 6 rings (SSSR count). The lowest BCUT2D eigenvalue weighted by Crippen LogP contribution is -1.73. The Balaban J connectivity index is 0.000000230. The number of benzene rings is 2. The third kappa shape index (κ3) is 8.91. The first-order chi connectivity index (χ1) is 16.9. The molecule has 0 aliphatic heterocycles. The predicted octanol–water partition coefficient (Wildman–Crippen LogP) is 9.04. The number of hydrogen-bond donors (Lipinski definition) is 2. The van der Waals surface area contributed by atoms with E-state index >= 15 is 0 Å². The predicted molar refractivity (Wildman–Crippen MR) is 150 cm³/mol. The number of aromatic nitrogens is 4. The topological polar surface area (TPSA) is 57.4 Å². The molecule has 0 saturated heterocycles. The molecule has 0 amide bonds. The van der Waals surface area contributed by atoms with E-state index in [4.69, 9.17) is 0 Å². The number of nitrogens with zero attached hydrogens (tertiary/aromatic N) is 2. The van der Waals surface area contributed by atoms with E-state index in [-0.39, 0.29) is 0 Å². The lowest BCUT2D eigenvalue weighted by Gasteiger charge is -1.91. The van der Waals surface area contributed by atoms with Gasteiger partial charge in [-0.05, 0) is 47.9 Å². The normalized spacial score (nSPS) is 8.88. The number of nitrogens with one attached hydrogen (secondary N) is 2. The number of para-hydroxylation sites is 2. The van der Waals surface area contributed by atoms with E-state index in [0.29, 0.717) is 0 Å². The van der Waals surface area contributed by atoms with Crippen molar-refractivity contribution in [3.8, 4) is 0 Å². The summed E-state index contributed by atoms with van der Waals surface area (Å²) in [5.41, 5.74) is 3.22. The van der Waals surface area contributed by atoms with E-state index in [1.54, 1.807) is 6.20 Å². The second-order valence-corrected chi connectivity index (χ2v) is 6.18. The monoisotopic (exact) mass is 454 g/mol. The molecule has 6 aromatic rings. The maximum atomic E-state index is 4.18. The van der Waals surface area contributed by atoms with Gasteiger partial charge < -0.3 is 9.97 Å². The molecule has 4 heteroatoms. The van der Waals surface area contributed by atoms with E-state index < -0.39 is 0 Å². The Morgan fingerprint density at radius 1 is 0.471 bits per heavy atom. The minimum atomic E-state index is 0.956. The van der Waals surface area contributed by atoms with Gasteiger partial charge in [-0.2, -0.15) is 0 Å². The molecule has 2 N–H and O–H groups in total. The molecule has 0 aliphatic carbocycles. The molecule has 0 radical (unpaired) electrons. The summed E-state index contributed by atoms with van der Waals surface area (Å²) in [6, 6.07) is 28.3. The third-order valence-corrected chi connectivity index (χ3v) is 4.30. The summed E-state index contributed by atoms with van der Waals surface area (Å²) < 4.78 is 0. The van der Waals surface area contributed by atoms with Gasteiger partial charge in [0.2, 0.25) is 0 Å². The number of H-pyrrole nitrogens is 2. The molecule has 0 fully saturated rings. The Morgan fingerprint density at radius 2 is 1.00 bits per heavy atom. The Kier molecular flexibility index (Phi) is 14.6. The Labute approximate surface area is 204 Å². The molecular formula is C30H38N4. The van der Waals surface area contributed by atoms with Crippen molar-refractivity contribution in [1.82, 2.24) is 19.9 Å². The summed E-state index contributed by atoms with van der Waals surface area (Å²) in [6.07, 6.45) is 7.42. The minimum absolute atomic E-state index is 0.956. The highest BCUT2D eigenvalue weighted by Crippen LogP contribution is 2.09. The van der Waals surface area contributed by atoms with Gasteiger partial charge in [-0.1, -0.05) is 84.0 Å². The van der Waals surface area contributed by atoms with Crippen molar-refractivity contribution in [3.05, 3.63) is 110 Å². The number of fused-ring (bicyclic) bond motifs is 3. The molecular weight excluding hydrogens is 416 g/mol. The highest BCUT2D eigenvalue weighted by Gasteiger charge is 1.89. The van der Waals surface area contributed by atoms with Gasteiger partial charge in [-0.15, -0.1) is 0 Å². The van der Waals surface area contributed by atoms with Gasteiger partial charge in [0.15, 0.2) is 0 Å². The summed E-state index contributed by atoms with van der Waals surface area (Å²) >= 11 is 0. The van der Waals surface area contributed by atoms with E-state index in [0.717, 1.165) is 16.6 Å². The molecule has 0 spiro atoms. The number of aromatic amines is 2. The van der Waals surface area contributed by atoms with Crippen molar-refractivity contribution in [1.29, 1.82) is 0 Å². The van der Waals surface area contributed by atoms with Crippen molar-refractivity contribution in [3.63, 3.8) is 0 Å². The second kappa shape index (κ2) is 17.6. The van der Waals surface area contributed by atoms with Gasteiger partial charge in [0, 0.05) is 41.1 Å². The highest BCUT2D eigenvalue weighted by molar-refractivity contribution is 5.79. The standard InChI is InChI=1S/C9H7N.C8H7N.C7H6N2.3C2H6/c1-2-6-9-8(4-1)5-3-7-10-9;1-2-4-8-7(3-1)5-6-9-8;1-2-6-3-5-9-7(6)8-4-1;3*1-2/h1-7H;1-6,9H;1-5H,(H,8,9);3*1-2H3. The van der Waals surface area contributed by atoms with Crippen molar-refractivity contribution in [2.45, 2.75) is 41.5 Å². The van der Waals surface area contributed by atoms with Gasteiger partial charge in [0.05, 0.1) is 5.52 Å². The van der Waals surface area contributed by atoms with Gasteiger partial charge in [0.25, 0.3) is 0 Å². The fraction of sp³-hybridized carbons (Fsp3) is 0.200. The molecule has 0 atom stereocenters. The van der Waals surface area contributed by atoms with Crippen LogP contribution in [0, 0.1) is 0 Å². The maximum Gasteiger partial charge on any atom is 0.137 e. The largest absolute Gasteiger partial charge is 0.361 e. The molecule has 2 aromatic carbocycles. The minimum Gasteiger partial charge on any atom is -0.361 e. The SMILES string of the molecule is CC.CC.CC.c1ccc2[nH]ccc2c1.c1ccc2ncccc2c1.c1cnc2[nH]ccc2c1. The molecule has 0 bridgehead atoms. The quantitative estimate of drug-likeness (QED) is 0.240. The van der Waals surface area contributed by atoms with Crippen molar-refractivity contribution < 1.29 is 0 Å². The zero-order valence-corrected chi connectivity index (χ0v) is 21.3.